The van der Waals surface area contributed by atoms with Crippen molar-refractivity contribution in [1.29, 1.82) is 0 Å². The van der Waals surface area contributed by atoms with Gasteiger partial charge in [0.15, 0.2) is 0 Å². The molecule has 0 unspecified atom stereocenters. The first kappa shape index (κ1) is 16.0. The van der Waals surface area contributed by atoms with E-state index in [-0.39, 0.29) is 5.91 Å². The zero-order valence-corrected chi connectivity index (χ0v) is 14.8. The van der Waals surface area contributed by atoms with Crippen LogP contribution in [0.5, 0.6) is 0 Å². The monoisotopic (exact) mass is 358 g/mol. The molecule has 0 atom stereocenters. The van der Waals surface area contributed by atoms with Crippen LogP contribution in [0.2, 0.25) is 0 Å². The van der Waals surface area contributed by atoms with Gasteiger partial charge in [-0.15, -0.1) is 11.3 Å². The Balaban J connectivity index is 1.70. The summed E-state index contributed by atoms with van der Waals surface area (Å²) in [6, 6.07) is 1.85. The van der Waals surface area contributed by atoms with Crippen LogP contribution in [-0.2, 0) is 13.1 Å². The quantitative estimate of drug-likeness (QED) is 0.703. The molecule has 4 heterocycles. The number of thiophene rings is 1. The van der Waals surface area contributed by atoms with Gasteiger partial charge in [-0.3, -0.25) is 9.36 Å². The number of amides is 1. The Morgan fingerprint density at radius 1 is 1.44 bits per heavy atom. The molecular formula is C16H18N6O2S. The Kier molecular flexibility index (Phi) is 4.10. The van der Waals surface area contributed by atoms with E-state index in [1.54, 1.807) is 18.3 Å². The Hall–Kier alpha value is -2.52. The Morgan fingerprint density at radius 3 is 3.16 bits per heavy atom. The van der Waals surface area contributed by atoms with Crippen molar-refractivity contribution in [2.45, 2.75) is 26.4 Å². The molecule has 0 fully saturated rings. The highest BCUT2D eigenvalue weighted by Crippen LogP contribution is 2.32. The highest BCUT2D eigenvalue weighted by atomic mass is 32.1. The number of aromatic nitrogens is 4. The molecule has 3 aromatic heterocycles. The second kappa shape index (κ2) is 6.41. The maximum absolute atomic E-state index is 12.5. The van der Waals surface area contributed by atoms with Crippen molar-refractivity contribution in [3.63, 3.8) is 0 Å². The fourth-order valence-corrected chi connectivity index (χ4v) is 3.72. The third-order valence-corrected chi connectivity index (χ3v) is 4.99. The van der Waals surface area contributed by atoms with Crippen LogP contribution in [0.3, 0.4) is 0 Å². The average Bonchev–Trinajstić information content (AvgIpc) is 3.31. The number of hydrogen-bond acceptors (Lipinski definition) is 7. The minimum absolute atomic E-state index is 0.00321. The lowest BCUT2D eigenvalue weighted by Gasteiger charge is -2.13. The number of nitrogens with zero attached hydrogens (tertiary/aromatic N) is 5. The van der Waals surface area contributed by atoms with Gasteiger partial charge in [0.25, 0.3) is 5.91 Å². The van der Waals surface area contributed by atoms with Gasteiger partial charge in [0, 0.05) is 7.05 Å². The first-order valence-corrected chi connectivity index (χ1v) is 9.00. The Bertz CT molecular complexity index is 912. The highest BCUT2D eigenvalue weighted by Gasteiger charge is 2.28. The predicted octanol–water partition coefficient (Wildman–Crippen LogP) is 2.07. The summed E-state index contributed by atoms with van der Waals surface area (Å²) < 4.78 is 7.26. The van der Waals surface area contributed by atoms with Crippen LogP contribution in [0.4, 0.5) is 0 Å². The maximum atomic E-state index is 12.5. The number of nitrogens with one attached hydrogen (secondary N) is 1. The zero-order chi connectivity index (χ0) is 17.4. The van der Waals surface area contributed by atoms with Gasteiger partial charge in [-0.2, -0.15) is 4.98 Å². The summed E-state index contributed by atoms with van der Waals surface area (Å²) >= 11 is 1.52. The van der Waals surface area contributed by atoms with E-state index < -0.39 is 0 Å². The summed E-state index contributed by atoms with van der Waals surface area (Å²) in [5, 5.41) is 10.1. The van der Waals surface area contributed by atoms with E-state index in [0.717, 1.165) is 23.7 Å². The van der Waals surface area contributed by atoms with Crippen LogP contribution in [-0.4, -0.2) is 44.1 Å². The normalized spacial score (nSPS) is 13.7. The van der Waals surface area contributed by atoms with Gasteiger partial charge < -0.3 is 14.7 Å². The topological polar surface area (TPSA) is 89.1 Å². The smallest absolute Gasteiger partial charge is 0.256 e. The first-order valence-electron chi connectivity index (χ1n) is 8.12. The molecule has 1 aliphatic rings. The molecule has 1 aliphatic heterocycles. The minimum atomic E-state index is 0.00321. The molecule has 25 heavy (non-hydrogen) atoms. The Labute approximate surface area is 148 Å². The fourth-order valence-electron chi connectivity index (χ4n) is 2.83. The highest BCUT2D eigenvalue weighted by molar-refractivity contribution is 7.13. The van der Waals surface area contributed by atoms with Crippen molar-refractivity contribution in [3.05, 3.63) is 34.9 Å². The van der Waals surface area contributed by atoms with E-state index in [9.17, 15) is 4.79 Å². The largest absolute Gasteiger partial charge is 0.337 e. The van der Waals surface area contributed by atoms with Gasteiger partial charge in [0.1, 0.15) is 17.0 Å². The first-order chi connectivity index (χ1) is 12.2. The maximum Gasteiger partial charge on any atom is 0.256 e. The summed E-state index contributed by atoms with van der Waals surface area (Å²) in [4.78, 5) is 23.1. The van der Waals surface area contributed by atoms with Crippen molar-refractivity contribution in [2.24, 2.45) is 0 Å². The van der Waals surface area contributed by atoms with Crippen molar-refractivity contribution in [1.82, 2.24) is 29.9 Å². The van der Waals surface area contributed by atoms with Gasteiger partial charge in [0.2, 0.25) is 11.7 Å². The lowest BCUT2D eigenvalue weighted by Crippen LogP contribution is -2.24. The molecule has 0 aliphatic carbocycles. The summed E-state index contributed by atoms with van der Waals surface area (Å²) in [5.41, 5.74) is 2.21. The molecule has 0 spiro atoms. The van der Waals surface area contributed by atoms with Gasteiger partial charge >= 0.3 is 0 Å². The molecule has 0 saturated carbocycles. The van der Waals surface area contributed by atoms with Crippen molar-refractivity contribution in [3.8, 4) is 16.5 Å². The van der Waals surface area contributed by atoms with Crippen LogP contribution in [0, 0.1) is 0 Å². The molecule has 4 rings (SSSR count). The molecular weight excluding hydrogens is 340 g/mol. The van der Waals surface area contributed by atoms with E-state index in [0.29, 0.717) is 36.1 Å². The second-order valence-electron chi connectivity index (χ2n) is 5.90. The molecule has 8 nitrogen and oxygen atoms in total. The molecule has 0 aromatic carbocycles. The van der Waals surface area contributed by atoms with Crippen LogP contribution in [0.25, 0.3) is 16.5 Å². The molecule has 3 aromatic rings. The van der Waals surface area contributed by atoms with E-state index >= 15 is 0 Å². The van der Waals surface area contributed by atoms with Crippen molar-refractivity contribution in [2.75, 3.05) is 13.6 Å². The summed E-state index contributed by atoms with van der Waals surface area (Å²) in [6.07, 6.45) is 2.76. The van der Waals surface area contributed by atoms with Gasteiger partial charge in [0.05, 0.1) is 24.3 Å². The van der Waals surface area contributed by atoms with Crippen molar-refractivity contribution >= 4 is 17.2 Å². The van der Waals surface area contributed by atoms with Crippen LogP contribution in [0.15, 0.2) is 22.3 Å². The molecule has 0 radical (unpaired) electrons. The zero-order valence-electron chi connectivity index (χ0n) is 14.0. The number of fused-ring (bicyclic) bond motifs is 3. The molecule has 1 N–H and O–H groups in total. The second-order valence-corrected chi connectivity index (χ2v) is 6.79. The number of carbonyl (C=O) groups is 1. The molecule has 1 amide bonds. The minimum Gasteiger partial charge on any atom is -0.337 e. The number of rotatable bonds is 5. The molecule has 0 bridgehead atoms. The number of carbonyl (C=O) groups excluding carboxylic acids is 1. The van der Waals surface area contributed by atoms with E-state index in [1.807, 2.05) is 16.0 Å². The van der Waals surface area contributed by atoms with E-state index in [4.69, 9.17) is 4.52 Å². The van der Waals surface area contributed by atoms with Crippen LogP contribution < -0.4 is 5.32 Å². The lowest BCUT2D eigenvalue weighted by atomic mass is 10.3. The van der Waals surface area contributed by atoms with Gasteiger partial charge in [-0.05, 0) is 24.4 Å². The third kappa shape index (κ3) is 2.75. The fraction of sp³-hybridized carbons (Fsp3) is 0.375. The summed E-state index contributed by atoms with van der Waals surface area (Å²) in [7, 11) is 1.78. The molecule has 0 saturated heterocycles. The number of hydrogen-bond donors (Lipinski definition) is 1. The predicted molar refractivity (Wildman–Crippen MR) is 92.5 cm³/mol. The Morgan fingerprint density at radius 2 is 2.32 bits per heavy atom. The van der Waals surface area contributed by atoms with E-state index in [2.05, 4.69) is 27.4 Å². The van der Waals surface area contributed by atoms with Gasteiger partial charge in [-0.25, -0.2) is 4.98 Å². The SMILES string of the molecule is CCCNCc1nc(-c2ncn3c2CN(C)C(=O)c2ccsc2-3)no1. The number of imidazole rings is 1. The lowest BCUT2D eigenvalue weighted by molar-refractivity contribution is 0.0788. The van der Waals surface area contributed by atoms with E-state index in [1.165, 1.54) is 11.3 Å². The van der Waals surface area contributed by atoms with Crippen molar-refractivity contribution < 1.29 is 9.32 Å². The summed E-state index contributed by atoms with van der Waals surface area (Å²) in [5.74, 6) is 0.978. The average molecular weight is 358 g/mol. The van der Waals surface area contributed by atoms with Gasteiger partial charge in [-0.1, -0.05) is 12.1 Å². The standard InChI is InChI=1S/C16H18N6O2S/c1-3-5-17-7-12-19-14(20-24-12)13-11-8-21(2)15(23)10-4-6-25-16(10)22(11)9-18-13/h4,6,9,17H,3,5,7-8H2,1-2H3. The molecule has 9 heteroatoms. The van der Waals surface area contributed by atoms with Crippen LogP contribution >= 0.6 is 11.3 Å². The molecule has 130 valence electrons. The summed E-state index contributed by atoms with van der Waals surface area (Å²) in [6.45, 7) is 3.97. The third-order valence-electron chi connectivity index (χ3n) is 4.08. The van der Waals surface area contributed by atoms with Crippen LogP contribution in [0.1, 0.15) is 35.3 Å².